The monoisotopic (exact) mass is 388 g/mol. The van der Waals surface area contributed by atoms with Gasteiger partial charge >= 0.3 is 5.97 Å². The highest BCUT2D eigenvalue weighted by atomic mass is 16.5. The summed E-state index contributed by atoms with van der Waals surface area (Å²) in [5, 5.41) is 0. The van der Waals surface area contributed by atoms with Crippen LogP contribution in [0.5, 0.6) is 5.75 Å². The number of Topliss-reactive ketones (excluding diaryl/α,β-unsaturated/α-hetero) is 1. The van der Waals surface area contributed by atoms with E-state index in [1.165, 1.54) is 0 Å². The molecule has 3 nitrogen and oxygen atoms in total. The lowest BCUT2D eigenvalue weighted by Gasteiger charge is -2.31. The summed E-state index contributed by atoms with van der Waals surface area (Å²) in [6, 6.07) is 19.0. The van der Waals surface area contributed by atoms with Crippen molar-refractivity contribution in [3.63, 3.8) is 0 Å². The van der Waals surface area contributed by atoms with E-state index in [-0.39, 0.29) is 28.5 Å². The summed E-state index contributed by atoms with van der Waals surface area (Å²) in [7, 11) is 0. The Morgan fingerprint density at radius 2 is 1.69 bits per heavy atom. The summed E-state index contributed by atoms with van der Waals surface area (Å²) in [5.41, 5.74) is 1.48. The van der Waals surface area contributed by atoms with Crippen LogP contribution in [0.3, 0.4) is 0 Å². The second-order valence-corrected chi connectivity index (χ2v) is 9.13. The number of carbonyl (C=O) groups excluding carboxylic acids is 2. The molecule has 3 unspecified atom stereocenters. The second-order valence-electron chi connectivity index (χ2n) is 9.13. The van der Waals surface area contributed by atoms with Crippen LogP contribution in [0.2, 0.25) is 0 Å². The van der Waals surface area contributed by atoms with Crippen molar-refractivity contribution in [3.05, 3.63) is 77.9 Å². The summed E-state index contributed by atoms with van der Waals surface area (Å²) in [6.45, 7) is 6.47. The molecule has 3 atom stereocenters. The topological polar surface area (TPSA) is 43.4 Å². The highest BCUT2D eigenvalue weighted by Crippen LogP contribution is 2.65. The van der Waals surface area contributed by atoms with Gasteiger partial charge in [-0.3, -0.25) is 9.59 Å². The van der Waals surface area contributed by atoms with Crippen LogP contribution in [0.25, 0.3) is 0 Å². The zero-order valence-corrected chi connectivity index (χ0v) is 17.4. The average molecular weight is 389 g/mol. The normalized spacial score (nSPS) is 27.2. The van der Waals surface area contributed by atoms with Crippen LogP contribution in [0.4, 0.5) is 0 Å². The van der Waals surface area contributed by atoms with E-state index < -0.39 is 5.92 Å². The highest BCUT2D eigenvalue weighted by Gasteiger charge is 2.64. The van der Waals surface area contributed by atoms with Crippen LogP contribution in [-0.4, -0.2) is 11.8 Å². The van der Waals surface area contributed by atoms with Crippen molar-refractivity contribution in [1.82, 2.24) is 0 Å². The molecule has 150 valence electrons. The number of hydrogen-bond donors (Lipinski definition) is 0. The van der Waals surface area contributed by atoms with E-state index in [1.807, 2.05) is 54.6 Å². The van der Waals surface area contributed by atoms with Gasteiger partial charge in [-0.1, -0.05) is 75.4 Å². The molecule has 2 bridgehead atoms. The third kappa shape index (κ3) is 3.33. The van der Waals surface area contributed by atoms with Crippen LogP contribution >= 0.6 is 0 Å². The summed E-state index contributed by atoms with van der Waals surface area (Å²) in [4.78, 5) is 26.3. The Labute approximate surface area is 172 Å². The molecule has 2 saturated carbocycles. The van der Waals surface area contributed by atoms with Gasteiger partial charge in [0.1, 0.15) is 5.75 Å². The maximum absolute atomic E-state index is 13.3. The molecule has 2 aliphatic carbocycles. The number of carbonyl (C=O) groups is 2. The van der Waals surface area contributed by atoms with E-state index in [2.05, 4.69) is 20.8 Å². The fraction of sp³-hybridized carbons (Fsp3) is 0.385. The van der Waals surface area contributed by atoms with E-state index in [4.69, 9.17) is 4.74 Å². The van der Waals surface area contributed by atoms with Gasteiger partial charge in [0.05, 0.1) is 5.92 Å². The zero-order chi connectivity index (χ0) is 20.6. The highest BCUT2D eigenvalue weighted by molar-refractivity contribution is 6.05. The first-order valence-electron chi connectivity index (χ1n) is 10.4. The molecule has 0 heterocycles. The Hall–Kier alpha value is -2.68. The molecule has 29 heavy (non-hydrogen) atoms. The average Bonchev–Trinajstić information content (AvgIpc) is 3.02. The van der Waals surface area contributed by atoms with E-state index in [1.54, 1.807) is 12.1 Å². The fourth-order valence-electron chi connectivity index (χ4n) is 5.10. The molecular weight excluding hydrogens is 360 g/mol. The molecule has 4 rings (SSSR count). The number of rotatable bonds is 5. The number of benzene rings is 2. The molecule has 0 N–H and O–H groups in total. The van der Waals surface area contributed by atoms with Crippen LogP contribution in [-0.2, 0) is 16.0 Å². The van der Waals surface area contributed by atoms with Crippen molar-refractivity contribution in [2.45, 2.75) is 40.0 Å². The lowest BCUT2D eigenvalue weighted by molar-refractivity contribution is -0.137. The Balaban J connectivity index is 1.66. The number of ether oxygens (including phenoxy) is 1. The van der Waals surface area contributed by atoms with Gasteiger partial charge in [0.15, 0.2) is 5.78 Å². The SMILES string of the molecule is CC12CCC(C(=CC(Cc3ccccc3)C(=O)Oc3ccccc3)C1=O)C2(C)C. The summed E-state index contributed by atoms with van der Waals surface area (Å²) in [6.07, 6.45) is 4.37. The molecule has 0 saturated heterocycles. The Kier molecular flexibility index (Phi) is 4.94. The van der Waals surface area contributed by atoms with Gasteiger partial charge in [-0.25, -0.2) is 0 Å². The lowest BCUT2D eigenvalue weighted by Crippen LogP contribution is -2.32. The minimum Gasteiger partial charge on any atom is -0.426 e. The molecule has 2 fully saturated rings. The molecule has 0 spiro atoms. The standard InChI is InChI=1S/C26H28O3/c1-25(2)22-14-15-26(25,3)23(27)21(22)17-19(16-18-10-6-4-7-11-18)24(28)29-20-12-8-5-9-13-20/h4-13,17,19,22H,14-16H2,1-3H3. The minimum atomic E-state index is -0.490. The molecule has 0 amide bonds. The van der Waals surface area contributed by atoms with Crippen LogP contribution in [0.15, 0.2) is 72.3 Å². The Morgan fingerprint density at radius 1 is 1.07 bits per heavy atom. The van der Waals surface area contributed by atoms with Gasteiger partial charge in [0, 0.05) is 5.41 Å². The first kappa shape index (κ1) is 19.6. The number of fused-ring (bicyclic) bond motifs is 2. The van der Waals surface area contributed by atoms with E-state index in [0.717, 1.165) is 24.0 Å². The van der Waals surface area contributed by atoms with Crippen LogP contribution in [0, 0.1) is 22.7 Å². The Bertz CT molecular complexity index is 942. The van der Waals surface area contributed by atoms with E-state index in [9.17, 15) is 9.59 Å². The number of para-hydroxylation sites is 1. The molecule has 0 aromatic heterocycles. The second kappa shape index (κ2) is 7.29. The number of hydrogen-bond acceptors (Lipinski definition) is 3. The molecular formula is C26H28O3. The Morgan fingerprint density at radius 3 is 2.28 bits per heavy atom. The quantitative estimate of drug-likeness (QED) is 0.391. The fourth-order valence-corrected chi connectivity index (χ4v) is 5.10. The van der Waals surface area contributed by atoms with Crippen molar-refractivity contribution in [2.75, 3.05) is 0 Å². The van der Waals surface area contributed by atoms with Gasteiger partial charge in [-0.05, 0) is 53.9 Å². The number of allylic oxidation sites excluding steroid dienone is 1. The third-order valence-electron chi connectivity index (χ3n) is 7.31. The van der Waals surface area contributed by atoms with Gasteiger partial charge < -0.3 is 4.74 Å². The summed E-state index contributed by atoms with van der Waals surface area (Å²) in [5.74, 6) is 0.147. The first-order valence-corrected chi connectivity index (χ1v) is 10.4. The third-order valence-corrected chi connectivity index (χ3v) is 7.31. The van der Waals surface area contributed by atoms with Crippen molar-refractivity contribution in [2.24, 2.45) is 22.7 Å². The molecule has 3 heteroatoms. The van der Waals surface area contributed by atoms with E-state index >= 15 is 0 Å². The largest absolute Gasteiger partial charge is 0.426 e. The summed E-state index contributed by atoms with van der Waals surface area (Å²) >= 11 is 0. The molecule has 0 radical (unpaired) electrons. The molecule has 2 aromatic carbocycles. The smallest absolute Gasteiger partial charge is 0.318 e. The molecule has 0 aliphatic heterocycles. The number of ketones is 1. The first-order chi connectivity index (χ1) is 13.8. The van der Waals surface area contributed by atoms with Crippen molar-refractivity contribution in [1.29, 1.82) is 0 Å². The van der Waals surface area contributed by atoms with Crippen molar-refractivity contribution in [3.8, 4) is 5.75 Å². The number of esters is 1. The molecule has 2 aromatic rings. The van der Waals surface area contributed by atoms with Gasteiger partial charge in [0.2, 0.25) is 0 Å². The maximum Gasteiger partial charge on any atom is 0.318 e. The van der Waals surface area contributed by atoms with Crippen LogP contribution < -0.4 is 4.74 Å². The zero-order valence-electron chi connectivity index (χ0n) is 17.4. The van der Waals surface area contributed by atoms with Gasteiger partial charge in [0.25, 0.3) is 0 Å². The van der Waals surface area contributed by atoms with Gasteiger partial charge in [-0.2, -0.15) is 0 Å². The van der Waals surface area contributed by atoms with Crippen molar-refractivity contribution >= 4 is 11.8 Å². The summed E-state index contributed by atoms with van der Waals surface area (Å²) < 4.78 is 5.66. The van der Waals surface area contributed by atoms with Crippen molar-refractivity contribution < 1.29 is 14.3 Å². The van der Waals surface area contributed by atoms with Crippen LogP contribution in [0.1, 0.15) is 39.2 Å². The predicted molar refractivity (Wildman–Crippen MR) is 113 cm³/mol. The lowest BCUT2D eigenvalue weighted by atomic mass is 9.70. The maximum atomic E-state index is 13.3. The predicted octanol–water partition coefficient (Wildman–Crippen LogP) is 5.40. The minimum absolute atomic E-state index is 0.0729. The van der Waals surface area contributed by atoms with E-state index in [0.29, 0.717) is 12.2 Å². The van der Waals surface area contributed by atoms with Gasteiger partial charge in [-0.15, -0.1) is 0 Å². The molecule has 2 aliphatic rings.